The van der Waals surface area contributed by atoms with E-state index in [1.807, 2.05) is 0 Å². The van der Waals surface area contributed by atoms with Gasteiger partial charge in [-0.05, 0) is 5.92 Å². The van der Waals surface area contributed by atoms with Crippen LogP contribution in [0.4, 0.5) is 5.82 Å². The molecular weight excluding hydrogens is 891 g/mol. The number of phosphoric acid groups is 3. The number of imidazole rings is 1. The van der Waals surface area contributed by atoms with Crippen molar-refractivity contribution < 1.29 is 80.5 Å². The number of hydrogen-bond acceptors (Lipinski definition) is 18. The first-order chi connectivity index (χ1) is 28.4. The Morgan fingerprint density at radius 2 is 1.67 bits per heavy atom. The first-order valence-corrected chi connectivity index (χ1v) is 25.0. The van der Waals surface area contributed by atoms with Crippen LogP contribution in [0, 0.1) is 11.3 Å². The quantitative estimate of drug-likeness (QED) is 0.0437. The fraction of sp³-hybridized carbons (Fsp3) is 0.758. The van der Waals surface area contributed by atoms with Crippen molar-refractivity contribution >= 4 is 69.1 Å². The fourth-order valence-corrected chi connectivity index (χ4v) is 9.68. The van der Waals surface area contributed by atoms with Crippen molar-refractivity contribution in [2.24, 2.45) is 11.3 Å². The Morgan fingerprint density at radius 1 is 1.00 bits per heavy atom. The molecule has 0 aromatic carbocycles. The number of anilines is 1. The van der Waals surface area contributed by atoms with E-state index in [9.17, 15) is 57.9 Å². The van der Waals surface area contributed by atoms with Crippen molar-refractivity contribution in [3.05, 3.63) is 12.7 Å². The zero-order valence-corrected chi connectivity index (χ0v) is 37.8. The van der Waals surface area contributed by atoms with E-state index in [0.29, 0.717) is 18.1 Å². The Balaban J connectivity index is 1.41. The predicted molar refractivity (Wildman–Crippen MR) is 219 cm³/mol. The molecule has 2 aromatic heterocycles. The number of aromatic nitrogens is 4. The Kier molecular flexibility index (Phi) is 20.8. The van der Waals surface area contributed by atoms with Crippen LogP contribution >= 0.6 is 35.2 Å². The summed E-state index contributed by atoms with van der Waals surface area (Å²) in [6.45, 7) is 4.80. The molecule has 61 heavy (non-hydrogen) atoms. The minimum atomic E-state index is -5.57. The molecule has 8 atom stereocenters. The molecule has 10 N–H and O–H groups in total. The molecule has 348 valence electrons. The standard InChI is InChI=1S/C33H58N7O17P3S/c1-5-6-7-8-9-10-11-21(2)16-24(42)61-15-14-35-23(41)12-13-36-31(45)28(44)33(3,4)18-54-60(51,52)57-59(49,50)53-17-22-27(56-58(46,47)48)26(43)32(55-22)40-20-39-25-29(34)37-19-38-30(25)40/h19-22,26-28,32,43-44H,5-18H2,1-4H3,(H,35,41)(H,36,45)(H,49,50)(H,51,52)(H2,34,37,38)(H2,46,47,48). The molecule has 0 aliphatic carbocycles. The maximum Gasteiger partial charge on any atom is 0.481 e. The van der Waals surface area contributed by atoms with E-state index >= 15 is 0 Å². The van der Waals surface area contributed by atoms with Crippen LogP contribution in [0.25, 0.3) is 11.2 Å². The molecule has 0 spiro atoms. The number of nitrogens with zero attached hydrogens (tertiary/aromatic N) is 4. The summed E-state index contributed by atoms with van der Waals surface area (Å²) in [5.41, 5.74) is 4.28. The van der Waals surface area contributed by atoms with E-state index in [0.717, 1.165) is 41.8 Å². The minimum Gasteiger partial charge on any atom is -0.386 e. The summed E-state index contributed by atoms with van der Waals surface area (Å²) in [6, 6.07) is 0. The van der Waals surface area contributed by atoms with E-state index in [1.54, 1.807) is 0 Å². The molecule has 3 rings (SSSR count). The Bertz CT molecular complexity index is 1910. The van der Waals surface area contributed by atoms with Crippen molar-refractivity contribution in [2.75, 3.05) is 37.8 Å². The predicted octanol–water partition coefficient (Wildman–Crippen LogP) is 2.44. The molecule has 0 saturated carbocycles. The smallest absolute Gasteiger partial charge is 0.386 e. The molecule has 2 aromatic rings. The van der Waals surface area contributed by atoms with Crippen LogP contribution in [-0.4, -0.2) is 123 Å². The van der Waals surface area contributed by atoms with Gasteiger partial charge in [-0.15, -0.1) is 0 Å². The van der Waals surface area contributed by atoms with Crippen LogP contribution < -0.4 is 16.4 Å². The number of aliphatic hydroxyl groups is 2. The highest BCUT2D eigenvalue weighted by molar-refractivity contribution is 8.13. The Hall–Kier alpha value is -2.44. The van der Waals surface area contributed by atoms with Gasteiger partial charge in [0.25, 0.3) is 0 Å². The van der Waals surface area contributed by atoms with Crippen molar-refractivity contribution in [1.82, 2.24) is 30.2 Å². The third-order valence-electron chi connectivity index (χ3n) is 9.33. The molecule has 0 bridgehead atoms. The van der Waals surface area contributed by atoms with E-state index < -0.39 is 84.6 Å². The second kappa shape index (κ2) is 24.0. The second-order valence-corrected chi connectivity index (χ2v) is 20.5. The first kappa shape index (κ1) is 52.9. The van der Waals surface area contributed by atoms with E-state index in [1.165, 1.54) is 46.0 Å². The van der Waals surface area contributed by atoms with Gasteiger partial charge in [-0.25, -0.2) is 28.6 Å². The van der Waals surface area contributed by atoms with Gasteiger partial charge in [-0.3, -0.25) is 32.5 Å². The van der Waals surface area contributed by atoms with E-state index in [2.05, 4.69) is 48.3 Å². The number of aliphatic hydroxyl groups excluding tert-OH is 2. The Morgan fingerprint density at radius 3 is 2.36 bits per heavy atom. The molecule has 3 heterocycles. The average molecular weight is 950 g/mol. The number of carbonyl (C=O) groups is 3. The molecule has 1 aliphatic rings. The SMILES string of the molecule is CCCCCCCCC(C)CC(=O)SCCNC(=O)CCNC(=O)C(O)C(C)(C)COP(=O)(O)OP(=O)(O)OCC1OC(n2cnc3c(N)ncnc32)C(O)C1OP(=O)(O)O. The summed E-state index contributed by atoms with van der Waals surface area (Å²) in [5, 5.41) is 26.6. The second-order valence-electron chi connectivity index (χ2n) is 15.2. The zero-order chi connectivity index (χ0) is 45.6. The number of nitrogens with two attached hydrogens (primary N) is 1. The summed E-state index contributed by atoms with van der Waals surface area (Å²) in [4.78, 5) is 88.2. The molecule has 1 aliphatic heterocycles. The number of carbonyl (C=O) groups excluding carboxylic acids is 3. The topological polar surface area (TPSA) is 364 Å². The van der Waals surface area contributed by atoms with Gasteiger partial charge in [0.05, 0.1) is 19.5 Å². The number of amides is 2. The van der Waals surface area contributed by atoms with Gasteiger partial charge in [0.2, 0.25) is 11.8 Å². The van der Waals surface area contributed by atoms with Crippen LogP contribution in [0.3, 0.4) is 0 Å². The summed E-state index contributed by atoms with van der Waals surface area (Å²) in [5.74, 6) is -0.744. The number of unbranched alkanes of at least 4 members (excludes halogenated alkanes) is 5. The number of nitrogens with one attached hydrogen (secondary N) is 2. The zero-order valence-electron chi connectivity index (χ0n) is 34.3. The van der Waals surface area contributed by atoms with Crippen LogP contribution in [-0.2, 0) is 50.7 Å². The van der Waals surface area contributed by atoms with Gasteiger partial charge in [0, 0.05) is 37.1 Å². The van der Waals surface area contributed by atoms with Crippen molar-refractivity contribution in [2.45, 2.75) is 116 Å². The number of nitrogen functional groups attached to an aromatic ring is 1. The average Bonchev–Trinajstić information content (AvgIpc) is 3.72. The lowest BCUT2D eigenvalue weighted by Crippen LogP contribution is -2.46. The van der Waals surface area contributed by atoms with Crippen LogP contribution in [0.5, 0.6) is 0 Å². The number of ether oxygens (including phenoxy) is 1. The third-order valence-corrected chi connectivity index (χ3v) is 13.3. The molecule has 28 heteroatoms. The van der Waals surface area contributed by atoms with Gasteiger partial charge in [0.1, 0.15) is 36.3 Å². The monoisotopic (exact) mass is 949 g/mol. The number of hydrogen-bond donors (Lipinski definition) is 9. The van der Waals surface area contributed by atoms with Crippen molar-refractivity contribution in [3.63, 3.8) is 0 Å². The highest BCUT2D eigenvalue weighted by Gasteiger charge is 2.50. The van der Waals surface area contributed by atoms with Gasteiger partial charge in [-0.2, -0.15) is 4.31 Å². The summed E-state index contributed by atoms with van der Waals surface area (Å²) in [7, 11) is -16.4. The summed E-state index contributed by atoms with van der Waals surface area (Å²) >= 11 is 1.15. The molecule has 2 amide bonds. The highest BCUT2D eigenvalue weighted by atomic mass is 32.2. The molecule has 24 nitrogen and oxygen atoms in total. The van der Waals surface area contributed by atoms with Gasteiger partial charge in [0.15, 0.2) is 22.8 Å². The lowest BCUT2D eigenvalue weighted by molar-refractivity contribution is -0.137. The molecule has 0 radical (unpaired) electrons. The minimum absolute atomic E-state index is 0.0328. The number of thioether (sulfide) groups is 1. The van der Waals surface area contributed by atoms with Crippen LogP contribution in [0.1, 0.15) is 91.7 Å². The highest BCUT2D eigenvalue weighted by Crippen LogP contribution is 2.61. The molecular formula is C33H58N7O17P3S. The number of phosphoric ester groups is 3. The van der Waals surface area contributed by atoms with Crippen molar-refractivity contribution in [1.29, 1.82) is 0 Å². The maximum atomic E-state index is 12.7. The van der Waals surface area contributed by atoms with E-state index in [4.69, 9.17) is 19.5 Å². The maximum absolute atomic E-state index is 12.7. The van der Waals surface area contributed by atoms with Crippen molar-refractivity contribution in [3.8, 4) is 0 Å². The largest absolute Gasteiger partial charge is 0.481 e. The number of rotatable bonds is 28. The Labute approximate surface area is 356 Å². The number of fused-ring (bicyclic) bond motifs is 1. The van der Waals surface area contributed by atoms with Gasteiger partial charge >= 0.3 is 23.5 Å². The van der Waals surface area contributed by atoms with E-state index in [-0.39, 0.29) is 41.6 Å². The molecule has 8 unspecified atom stereocenters. The fourth-order valence-electron chi connectivity index (χ4n) is 6.01. The molecule has 1 saturated heterocycles. The summed E-state index contributed by atoms with van der Waals surface area (Å²) in [6.07, 6.45) is 1.76. The first-order valence-electron chi connectivity index (χ1n) is 19.5. The third kappa shape index (κ3) is 17.9. The van der Waals surface area contributed by atoms with Crippen LogP contribution in [0.15, 0.2) is 12.7 Å². The lowest BCUT2D eigenvalue weighted by Gasteiger charge is -2.30. The normalized spacial score (nSPS) is 21.4. The summed E-state index contributed by atoms with van der Waals surface area (Å²) < 4.78 is 62.3. The lowest BCUT2D eigenvalue weighted by atomic mass is 9.87. The van der Waals surface area contributed by atoms with Gasteiger partial charge in [-0.1, -0.05) is 84.4 Å². The van der Waals surface area contributed by atoms with Gasteiger partial charge < -0.3 is 50.9 Å². The molecule has 1 fully saturated rings. The van der Waals surface area contributed by atoms with Crippen LogP contribution in [0.2, 0.25) is 0 Å².